The average molecular weight is 270 g/mol. The van der Waals surface area contributed by atoms with Gasteiger partial charge in [-0.25, -0.2) is 4.39 Å². The molecule has 1 heterocycles. The van der Waals surface area contributed by atoms with Gasteiger partial charge in [0, 0.05) is 16.9 Å². The first kappa shape index (κ1) is 12.1. The van der Waals surface area contributed by atoms with Gasteiger partial charge in [-0.1, -0.05) is 12.1 Å². The summed E-state index contributed by atoms with van der Waals surface area (Å²) in [6.45, 7) is 0. The third-order valence-electron chi connectivity index (χ3n) is 2.87. The monoisotopic (exact) mass is 270 g/mol. The maximum atomic E-state index is 13.8. The van der Waals surface area contributed by atoms with E-state index in [1.807, 2.05) is 0 Å². The van der Waals surface area contributed by atoms with E-state index in [0.717, 1.165) is 0 Å². The highest BCUT2D eigenvalue weighted by Gasteiger charge is 2.15. The first-order valence-corrected chi connectivity index (χ1v) is 5.85. The summed E-state index contributed by atoms with van der Waals surface area (Å²) in [6, 6.07) is 11.2. The van der Waals surface area contributed by atoms with Gasteiger partial charge < -0.3 is 11.5 Å². The van der Waals surface area contributed by atoms with Crippen LogP contribution in [-0.2, 0) is 0 Å². The third kappa shape index (κ3) is 1.95. The molecule has 0 saturated heterocycles. The molecule has 0 aliphatic heterocycles. The number of rotatable bonds is 2. The van der Waals surface area contributed by atoms with Crippen LogP contribution >= 0.6 is 0 Å². The SMILES string of the molecule is Nc1ccc(-c2nnnn2-c2ccccc2F)c(N)c1. The molecule has 20 heavy (non-hydrogen) atoms. The van der Waals surface area contributed by atoms with E-state index in [1.54, 1.807) is 36.4 Å². The highest BCUT2D eigenvalue weighted by atomic mass is 19.1. The maximum absolute atomic E-state index is 13.8. The van der Waals surface area contributed by atoms with E-state index in [9.17, 15) is 4.39 Å². The molecule has 0 amide bonds. The van der Waals surface area contributed by atoms with Crippen molar-refractivity contribution in [3.8, 4) is 17.1 Å². The van der Waals surface area contributed by atoms with Crippen LogP contribution < -0.4 is 11.5 Å². The van der Waals surface area contributed by atoms with Crippen LogP contribution in [0.5, 0.6) is 0 Å². The second kappa shape index (κ2) is 4.61. The molecule has 0 aliphatic carbocycles. The zero-order chi connectivity index (χ0) is 14.1. The fraction of sp³-hybridized carbons (Fsp3) is 0. The predicted molar refractivity (Wildman–Crippen MR) is 73.4 cm³/mol. The van der Waals surface area contributed by atoms with Crippen LogP contribution in [0.25, 0.3) is 17.1 Å². The molecule has 0 radical (unpaired) electrons. The quantitative estimate of drug-likeness (QED) is 0.690. The summed E-state index contributed by atoms with van der Waals surface area (Å²) in [6.07, 6.45) is 0. The van der Waals surface area contributed by atoms with Gasteiger partial charge in [-0.15, -0.1) is 5.10 Å². The van der Waals surface area contributed by atoms with Gasteiger partial charge >= 0.3 is 0 Å². The van der Waals surface area contributed by atoms with Gasteiger partial charge in [0.2, 0.25) is 0 Å². The lowest BCUT2D eigenvalue weighted by Crippen LogP contribution is -2.04. The molecule has 0 atom stereocenters. The van der Waals surface area contributed by atoms with E-state index in [0.29, 0.717) is 22.8 Å². The Balaban J connectivity index is 2.18. The number of para-hydroxylation sites is 1. The van der Waals surface area contributed by atoms with Crippen molar-refractivity contribution in [3.05, 3.63) is 48.3 Å². The Bertz CT molecular complexity index is 767. The largest absolute Gasteiger partial charge is 0.399 e. The second-order valence-corrected chi connectivity index (χ2v) is 4.21. The summed E-state index contributed by atoms with van der Waals surface area (Å²) in [5.74, 6) is -0.0670. The van der Waals surface area contributed by atoms with E-state index in [4.69, 9.17) is 11.5 Å². The Morgan fingerprint density at radius 3 is 2.60 bits per heavy atom. The van der Waals surface area contributed by atoms with Crippen LogP contribution in [0.4, 0.5) is 15.8 Å². The average Bonchev–Trinajstić information content (AvgIpc) is 2.88. The minimum Gasteiger partial charge on any atom is -0.399 e. The maximum Gasteiger partial charge on any atom is 0.189 e. The number of nitrogens with zero attached hydrogens (tertiary/aromatic N) is 4. The van der Waals surface area contributed by atoms with E-state index >= 15 is 0 Å². The second-order valence-electron chi connectivity index (χ2n) is 4.21. The molecule has 4 N–H and O–H groups in total. The van der Waals surface area contributed by atoms with Crippen molar-refractivity contribution in [2.24, 2.45) is 0 Å². The molecule has 0 spiro atoms. The van der Waals surface area contributed by atoms with E-state index < -0.39 is 5.82 Å². The van der Waals surface area contributed by atoms with Crippen molar-refractivity contribution in [2.75, 3.05) is 11.5 Å². The third-order valence-corrected chi connectivity index (χ3v) is 2.87. The number of nitrogen functional groups attached to an aromatic ring is 2. The van der Waals surface area contributed by atoms with Crippen molar-refractivity contribution < 1.29 is 4.39 Å². The lowest BCUT2D eigenvalue weighted by Gasteiger charge is -2.08. The summed E-state index contributed by atoms with van der Waals surface area (Å²) in [5, 5.41) is 11.3. The van der Waals surface area contributed by atoms with Gasteiger partial charge in [-0.05, 0) is 40.8 Å². The number of aromatic nitrogens is 4. The molecule has 0 unspecified atom stereocenters. The van der Waals surface area contributed by atoms with E-state index in [-0.39, 0.29) is 5.69 Å². The molecule has 3 rings (SSSR count). The Morgan fingerprint density at radius 1 is 1.05 bits per heavy atom. The van der Waals surface area contributed by atoms with Gasteiger partial charge in [-0.2, -0.15) is 4.68 Å². The standard InChI is InChI=1S/C13H11FN6/c14-10-3-1-2-4-12(10)20-13(17-18-19-20)9-6-5-8(15)7-11(9)16/h1-7H,15-16H2. The van der Waals surface area contributed by atoms with Crippen LogP contribution in [0.2, 0.25) is 0 Å². The highest BCUT2D eigenvalue weighted by molar-refractivity contribution is 5.75. The smallest absolute Gasteiger partial charge is 0.189 e. The lowest BCUT2D eigenvalue weighted by molar-refractivity contribution is 0.608. The van der Waals surface area contributed by atoms with Gasteiger partial charge in [-0.3, -0.25) is 0 Å². The van der Waals surface area contributed by atoms with Crippen molar-refractivity contribution in [1.29, 1.82) is 0 Å². The Kier molecular flexibility index (Phi) is 2.79. The molecule has 0 bridgehead atoms. The molecular formula is C13H11FN6. The molecule has 2 aromatic carbocycles. The molecule has 6 nitrogen and oxygen atoms in total. The summed E-state index contributed by atoms with van der Waals surface area (Å²) in [5.41, 5.74) is 13.4. The molecular weight excluding hydrogens is 259 g/mol. The lowest BCUT2D eigenvalue weighted by atomic mass is 10.1. The van der Waals surface area contributed by atoms with Gasteiger partial charge in [0.05, 0.1) is 0 Å². The fourth-order valence-electron chi connectivity index (χ4n) is 1.93. The first-order chi connectivity index (χ1) is 9.66. The van der Waals surface area contributed by atoms with Gasteiger partial charge in [0.1, 0.15) is 11.5 Å². The fourth-order valence-corrected chi connectivity index (χ4v) is 1.93. The highest BCUT2D eigenvalue weighted by Crippen LogP contribution is 2.27. The number of tetrazole rings is 1. The van der Waals surface area contributed by atoms with Crippen molar-refractivity contribution in [2.45, 2.75) is 0 Å². The normalized spacial score (nSPS) is 10.7. The Labute approximate surface area is 113 Å². The molecule has 100 valence electrons. The van der Waals surface area contributed by atoms with Gasteiger partial charge in [0.15, 0.2) is 5.82 Å². The summed E-state index contributed by atoms with van der Waals surface area (Å²) >= 11 is 0. The number of nitrogens with two attached hydrogens (primary N) is 2. The minimum absolute atomic E-state index is 0.253. The number of benzene rings is 2. The zero-order valence-corrected chi connectivity index (χ0v) is 10.4. The summed E-state index contributed by atoms with van der Waals surface area (Å²) < 4.78 is 15.1. The number of hydrogen-bond acceptors (Lipinski definition) is 5. The number of hydrogen-bond donors (Lipinski definition) is 2. The topological polar surface area (TPSA) is 95.6 Å². The molecule has 7 heteroatoms. The van der Waals surface area contributed by atoms with E-state index in [2.05, 4.69) is 15.5 Å². The summed E-state index contributed by atoms with van der Waals surface area (Å²) in [7, 11) is 0. The van der Waals surface area contributed by atoms with Crippen molar-refractivity contribution >= 4 is 11.4 Å². The van der Waals surface area contributed by atoms with Crippen molar-refractivity contribution in [3.63, 3.8) is 0 Å². The van der Waals surface area contributed by atoms with Crippen LogP contribution in [0.15, 0.2) is 42.5 Å². The predicted octanol–water partition coefficient (Wildman–Crippen LogP) is 1.63. The van der Waals surface area contributed by atoms with Crippen LogP contribution in [0, 0.1) is 5.82 Å². The molecule has 3 aromatic rings. The van der Waals surface area contributed by atoms with E-state index in [1.165, 1.54) is 10.7 Å². The Morgan fingerprint density at radius 2 is 1.85 bits per heavy atom. The zero-order valence-electron chi connectivity index (χ0n) is 10.4. The molecule has 0 fully saturated rings. The van der Waals surface area contributed by atoms with Crippen LogP contribution in [0.3, 0.4) is 0 Å². The van der Waals surface area contributed by atoms with Crippen LogP contribution in [-0.4, -0.2) is 20.2 Å². The van der Waals surface area contributed by atoms with Crippen molar-refractivity contribution in [1.82, 2.24) is 20.2 Å². The Hall–Kier alpha value is -2.96. The minimum atomic E-state index is -0.421. The number of anilines is 2. The molecule has 0 saturated carbocycles. The van der Waals surface area contributed by atoms with Gasteiger partial charge in [0.25, 0.3) is 0 Å². The molecule has 0 aliphatic rings. The first-order valence-electron chi connectivity index (χ1n) is 5.85. The summed E-state index contributed by atoms with van der Waals surface area (Å²) in [4.78, 5) is 0. The van der Waals surface area contributed by atoms with Crippen LogP contribution in [0.1, 0.15) is 0 Å². The molecule has 1 aromatic heterocycles. The number of halogens is 1.